The van der Waals surface area contributed by atoms with Gasteiger partial charge in [-0.2, -0.15) is 0 Å². The van der Waals surface area contributed by atoms with Crippen molar-refractivity contribution in [2.24, 2.45) is 5.92 Å². The van der Waals surface area contributed by atoms with Gasteiger partial charge < -0.3 is 5.32 Å². The summed E-state index contributed by atoms with van der Waals surface area (Å²) in [5, 5.41) is 10.6. The minimum Gasteiger partial charge on any atom is -0.316 e. The van der Waals surface area contributed by atoms with E-state index in [1.54, 1.807) is 16.3 Å². The molecular formula is C11H22N4OS. The molecule has 5 nitrogen and oxygen atoms in total. The number of nitrogens with one attached hydrogen (secondary N) is 2. The molecule has 98 valence electrons. The normalized spacial score (nSPS) is 13.2. The van der Waals surface area contributed by atoms with Crippen LogP contribution in [0.4, 0.5) is 0 Å². The van der Waals surface area contributed by atoms with Crippen LogP contribution in [0.2, 0.25) is 0 Å². The number of thioether (sulfide) groups is 1. The molecule has 6 heteroatoms. The van der Waals surface area contributed by atoms with Gasteiger partial charge in [-0.3, -0.25) is 4.57 Å². The number of H-pyrrole nitrogens is 1. The van der Waals surface area contributed by atoms with Crippen molar-refractivity contribution < 1.29 is 0 Å². The summed E-state index contributed by atoms with van der Waals surface area (Å²) in [6, 6.07) is 0.432. The van der Waals surface area contributed by atoms with E-state index in [1.807, 2.05) is 7.05 Å². The van der Waals surface area contributed by atoms with Crippen molar-refractivity contribution in [1.29, 1.82) is 0 Å². The van der Waals surface area contributed by atoms with Gasteiger partial charge in [-0.1, -0.05) is 32.5 Å². The first-order valence-electron chi connectivity index (χ1n) is 6.05. The molecule has 0 aliphatic rings. The van der Waals surface area contributed by atoms with E-state index >= 15 is 0 Å². The zero-order chi connectivity index (χ0) is 12.8. The van der Waals surface area contributed by atoms with Gasteiger partial charge in [0, 0.05) is 18.3 Å². The van der Waals surface area contributed by atoms with E-state index in [9.17, 15) is 4.79 Å². The SMILES string of the molecule is CCCn1c(SCC(NC)C(C)C)n[nH]c1=O. The summed E-state index contributed by atoms with van der Waals surface area (Å²) in [4.78, 5) is 11.5. The maximum atomic E-state index is 11.5. The first-order chi connectivity index (χ1) is 8.10. The van der Waals surface area contributed by atoms with Gasteiger partial charge in [0.2, 0.25) is 0 Å². The minimum atomic E-state index is -0.111. The van der Waals surface area contributed by atoms with Crippen LogP contribution < -0.4 is 11.0 Å². The third kappa shape index (κ3) is 3.89. The summed E-state index contributed by atoms with van der Waals surface area (Å²) >= 11 is 1.63. The minimum absolute atomic E-state index is 0.111. The molecule has 0 saturated carbocycles. The molecule has 0 bridgehead atoms. The van der Waals surface area contributed by atoms with E-state index in [4.69, 9.17) is 0 Å². The molecule has 0 aliphatic carbocycles. The lowest BCUT2D eigenvalue weighted by atomic mass is 10.1. The Labute approximate surface area is 106 Å². The van der Waals surface area contributed by atoms with Crippen molar-refractivity contribution in [3.8, 4) is 0 Å². The lowest BCUT2D eigenvalue weighted by Crippen LogP contribution is -2.33. The fraction of sp³-hybridized carbons (Fsp3) is 0.818. The smallest absolute Gasteiger partial charge is 0.316 e. The Balaban J connectivity index is 2.65. The summed E-state index contributed by atoms with van der Waals surface area (Å²) in [7, 11) is 1.97. The van der Waals surface area contributed by atoms with Gasteiger partial charge in [-0.05, 0) is 19.4 Å². The molecule has 0 spiro atoms. The number of hydrogen-bond donors (Lipinski definition) is 2. The topological polar surface area (TPSA) is 62.7 Å². The molecule has 1 aromatic heterocycles. The van der Waals surface area contributed by atoms with Crippen LogP contribution in [0.3, 0.4) is 0 Å². The highest BCUT2D eigenvalue weighted by molar-refractivity contribution is 7.99. The Morgan fingerprint density at radius 1 is 1.53 bits per heavy atom. The van der Waals surface area contributed by atoms with Crippen molar-refractivity contribution in [3.05, 3.63) is 10.5 Å². The second-order valence-electron chi connectivity index (χ2n) is 4.41. The Bertz CT molecular complexity index is 385. The molecule has 1 unspecified atom stereocenters. The third-order valence-corrected chi connectivity index (χ3v) is 3.83. The largest absolute Gasteiger partial charge is 0.343 e. The first-order valence-corrected chi connectivity index (χ1v) is 7.04. The molecule has 2 N–H and O–H groups in total. The second kappa shape index (κ2) is 6.86. The van der Waals surface area contributed by atoms with E-state index in [2.05, 4.69) is 36.3 Å². The highest BCUT2D eigenvalue weighted by Gasteiger charge is 2.14. The quantitative estimate of drug-likeness (QED) is 0.724. The van der Waals surface area contributed by atoms with E-state index < -0.39 is 0 Å². The van der Waals surface area contributed by atoms with Crippen LogP contribution in [0.1, 0.15) is 27.2 Å². The first kappa shape index (κ1) is 14.3. The molecule has 0 saturated heterocycles. The van der Waals surface area contributed by atoms with Crippen molar-refractivity contribution in [3.63, 3.8) is 0 Å². The van der Waals surface area contributed by atoms with Crippen LogP contribution in [0, 0.1) is 5.92 Å². The number of nitrogens with zero attached hydrogens (tertiary/aromatic N) is 2. The van der Waals surface area contributed by atoms with Gasteiger partial charge in [-0.25, -0.2) is 9.89 Å². The standard InChI is InChI=1S/C11H22N4OS/c1-5-6-15-10(16)13-14-11(15)17-7-9(12-4)8(2)3/h8-9,12H,5-7H2,1-4H3,(H,13,16). The van der Waals surface area contributed by atoms with Crippen LogP contribution in [0.25, 0.3) is 0 Å². The molecule has 0 aliphatic heterocycles. The predicted octanol–water partition coefficient (Wildman–Crippen LogP) is 1.32. The second-order valence-corrected chi connectivity index (χ2v) is 5.40. The lowest BCUT2D eigenvalue weighted by Gasteiger charge is -2.19. The number of aromatic amines is 1. The van der Waals surface area contributed by atoms with Gasteiger partial charge in [-0.15, -0.1) is 5.10 Å². The molecule has 17 heavy (non-hydrogen) atoms. The average molecular weight is 258 g/mol. The molecule has 1 aromatic rings. The maximum absolute atomic E-state index is 11.5. The Kier molecular flexibility index (Phi) is 5.77. The van der Waals surface area contributed by atoms with Crippen LogP contribution >= 0.6 is 11.8 Å². The van der Waals surface area contributed by atoms with E-state index in [1.165, 1.54) is 0 Å². The van der Waals surface area contributed by atoms with Crippen molar-refractivity contribution >= 4 is 11.8 Å². The van der Waals surface area contributed by atoms with Gasteiger partial charge in [0.25, 0.3) is 0 Å². The predicted molar refractivity (Wildman–Crippen MR) is 71.5 cm³/mol. The molecule has 1 rings (SSSR count). The Morgan fingerprint density at radius 2 is 2.24 bits per heavy atom. The molecule has 1 heterocycles. The van der Waals surface area contributed by atoms with Crippen LogP contribution in [-0.2, 0) is 6.54 Å². The molecule has 0 radical (unpaired) electrons. The molecule has 1 atom stereocenters. The zero-order valence-corrected chi connectivity index (χ0v) is 11.8. The van der Waals surface area contributed by atoms with Gasteiger partial charge in [0.1, 0.15) is 0 Å². The molecule has 0 aromatic carbocycles. The summed E-state index contributed by atoms with van der Waals surface area (Å²) in [5.41, 5.74) is -0.111. The zero-order valence-electron chi connectivity index (χ0n) is 11.0. The number of aromatic nitrogens is 3. The number of rotatable bonds is 7. The van der Waals surface area contributed by atoms with Gasteiger partial charge in [0.05, 0.1) is 0 Å². The van der Waals surface area contributed by atoms with Crippen LogP contribution in [0.5, 0.6) is 0 Å². The molecule has 0 fully saturated rings. The van der Waals surface area contributed by atoms with Gasteiger partial charge in [0.15, 0.2) is 5.16 Å². The fourth-order valence-corrected chi connectivity index (χ4v) is 2.93. The van der Waals surface area contributed by atoms with Crippen LogP contribution in [-0.4, -0.2) is 33.6 Å². The highest BCUT2D eigenvalue weighted by Crippen LogP contribution is 2.17. The average Bonchev–Trinajstić information content (AvgIpc) is 2.62. The van der Waals surface area contributed by atoms with Crippen molar-refractivity contribution in [1.82, 2.24) is 20.1 Å². The third-order valence-electron chi connectivity index (χ3n) is 2.74. The Hall–Kier alpha value is -0.750. The summed E-state index contributed by atoms with van der Waals surface area (Å²) in [6.45, 7) is 7.15. The Morgan fingerprint density at radius 3 is 2.76 bits per heavy atom. The summed E-state index contributed by atoms with van der Waals surface area (Å²) < 4.78 is 1.71. The summed E-state index contributed by atoms with van der Waals surface area (Å²) in [5.74, 6) is 1.49. The summed E-state index contributed by atoms with van der Waals surface area (Å²) in [6.07, 6.45) is 0.937. The monoisotopic (exact) mass is 258 g/mol. The number of hydrogen-bond acceptors (Lipinski definition) is 4. The van der Waals surface area contributed by atoms with E-state index in [0.29, 0.717) is 12.0 Å². The van der Waals surface area contributed by atoms with E-state index in [-0.39, 0.29) is 5.69 Å². The maximum Gasteiger partial charge on any atom is 0.343 e. The van der Waals surface area contributed by atoms with Crippen LogP contribution in [0.15, 0.2) is 9.95 Å². The fourth-order valence-electron chi connectivity index (χ4n) is 1.61. The van der Waals surface area contributed by atoms with Gasteiger partial charge >= 0.3 is 5.69 Å². The lowest BCUT2D eigenvalue weighted by molar-refractivity contribution is 0.464. The van der Waals surface area contributed by atoms with E-state index in [0.717, 1.165) is 23.9 Å². The molecule has 0 amide bonds. The van der Waals surface area contributed by atoms with Crippen molar-refractivity contribution in [2.45, 2.75) is 44.9 Å². The highest BCUT2D eigenvalue weighted by atomic mass is 32.2. The van der Waals surface area contributed by atoms with Crippen molar-refractivity contribution in [2.75, 3.05) is 12.8 Å². The molecular weight excluding hydrogens is 236 g/mol.